The number of ether oxygens (including phenoxy) is 3. The van der Waals surface area contributed by atoms with Gasteiger partial charge in [0.25, 0.3) is 0 Å². The van der Waals surface area contributed by atoms with Crippen molar-refractivity contribution >= 4 is 0 Å². The van der Waals surface area contributed by atoms with Gasteiger partial charge < -0.3 is 19.5 Å². The average molecular weight is 273 g/mol. The summed E-state index contributed by atoms with van der Waals surface area (Å²) in [5.74, 6) is 0.798. The predicted molar refractivity (Wildman–Crippen MR) is 68.8 cm³/mol. The Labute approximate surface area is 113 Å². The van der Waals surface area contributed by atoms with E-state index in [1.807, 2.05) is 6.92 Å². The lowest BCUT2D eigenvalue weighted by Crippen LogP contribution is -2.26. The van der Waals surface area contributed by atoms with E-state index < -0.39 is 0 Å². The van der Waals surface area contributed by atoms with Gasteiger partial charge in [-0.25, -0.2) is 4.68 Å². The lowest BCUT2D eigenvalue weighted by Gasteiger charge is -2.13. The molecule has 0 bridgehead atoms. The summed E-state index contributed by atoms with van der Waals surface area (Å²) < 4.78 is 17.0. The van der Waals surface area contributed by atoms with Gasteiger partial charge in [-0.3, -0.25) is 0 Å². The van der Waals surface area contributed by atoms with E-state index in [9.17, 15) is 0 Å². The Bertz CT molecular complexity index is 334. The molecule has 1 atom stereocenters. The molecule has 1 heterocycles. The van der Waals surface area contributed by atoms with Crippen LogP contribution in [-0.2, 0) is 20.8 Å². The van der Waals surface area contributed by atoms with E-state index >= 15 is 0 Å². The quantitative estimate of drug-likeness (QED) is 0.551. The van der Waals surface area contributed by atoms with Gasteiger partial charge in [0.15, 0.2) is 5.82 Å². The van der Waals surface area contributed by atoms with Crippen LogP contribution in [0.25, 0.3) is 0 Å². The highest BCUT2D eigenvalue weighted by Gasteiger charge is 2.13. The van der Waals surface area contributed by atoms with Crippen LogP contribution in [0.3, 0.4) is 0 Å². The van der Waals surface area contributed by atoms with Gasteiger partial charge in [-0.1, -0.05) is 0 Å². The number of hydrogen-bond acceptors (Lipinski definition) is 7. The van der Waals surface area contributed by atoms with Crippen LogP contribution in [0.15, 0.2) is 0 Å². The van der Waals surface area contributed by atoms with E-state index in [0.29, 0.717) is 33.0 Å². The summed E-state index contributed by atoms with van der Waals surface area (Å²) in [6, 6.07) is 0.0733. The summed E-state index contributed by atoms with van der Waals surface area (Å²) in [6.07, 6.45) is 0. The van der Waals surface area contributed by atoms with Crippen molar-refractivity contribution in [2.75, 3.05) is 47.2 Å². The molecule has 0 amide bonds. The summed E-state index contributed by atoms with van der Waals surface area (Å²) in [7, 11) is 3.32. The van der Waals surface area contributed by atoms with Gasteiger partial charge in [0.05, 0.1) is 39.0 Å². The predicted octanol–water partition coefficient (Wildman–Crippen LogP) is -0.367. The zero-order chi connectivity index (χ0) is 13.9. The van der Waals surface area contributed by atoms with Crippen LogP contribution < -0.4 is 5.32 Å². The maximum atomic E-state index is 5.40. The van der Waals surface area contributed by atoms with E-state index in [2.05, 4.69) is 20.8 Å². The molecule has 1 N–H and O–H groups in total. The Kier molecular flexibility index (Phi) is 8.23. The van der Waals surface area contributed by atoms with Gasteiger partial charge in [0.2, 0.25) is 0 Å². The third-order valence-electron chi connectivity index (χ3n) is 2.58. The molecule has 0 fully saturated rings. The smallest absolute Gasteiger partial charge is 0.168 e. The Morgan fingerprint density at radius 2 is 1.95 bits per heavy atom. The molecule has 0 aliphatic heterocycles. The van der Waals surface area contributed by atoms with Crippen molar-refractivity contribution in [3.8, 4) is 0 Å². The standard InChI is InChI=1S/C11H23N5O3/c1-10(12-4-6-17-2)11-13-14-15-16(11)5-7-19-9-8-18-3/h10,12H,4-9H2,1-3H3. The van der Waals surface area contributed by atoms with Crippen molar-refractivity contribution in [3.05, 3.63) is 5.82 Å². The minimum absolute atomic E-state index is 0.0733. The molecule has 1 unspecified atom stereocenters. The van der Waals surface area contributed by atoms with E-state index in [-0.39, 0.29) is 6.04 Å². The second-order valence-electron chi connectivity index (χ2n) is 4.03. The number of hydrogen-bond donors (Lipinski definition) is 1. The molecule has 19 heavy (non-hydrogen) atoms. The highest BCUT2D eigenvalue weighted by Crippen LogP contribution is 2.06. The average Bonchev–Trinajstić information content (AvgIpc) is 2.87. The van der Waals surface area contributed by atoms with Crippen molar-refractivity contribution < 1.29 is 14.2 Å². The molecule has 0 saturated heterocycles. The van der Waals surface area contributed by atoms with Crippen molar-refractivity contribution in [1.29, 1.82) is 0 Å². The van der Waals surface area contributed by atoms with Gasteiger partial charge in [-0.2, -0.15) is 0 Å². The topological polar surface area (TPSA) is 83.3 Å². The summed E-state index contributed by atoms with van der Waals surface area (Å²) in [5.41, 5.74) is 0. The fourth-order valence-corrected chi connectivity index (χ4v) is 1.55. The zero-order valence-corrected chi connectivity index (χ0v) is 11.8. The summed E-state index contributed by atoms with van der Waals surface area (Å²) >= 11 is 0. The molecular formula is C11H23N5O3. The molecular weight excluding hydrogens is 250 g/mol. The van der Waals surface area contributed by atoms with Crippen LogP contribution >= 0.6 is 0 Å². The Balaban J connectivity index is 2.32. The van der Waals surface area contributed by atoms with Crippen LogP contribution in [0, 0.1) is 0 Å². The molecule has 8 nitrogen and oxygen atoms in total. The number of rotatable bonds is 11. The third kappa shape index (κ3) is 6.06. The number of aromatic nitrogens is 4. The number of nitrogens with one attached hydrogen (secondary N) is 1. The van der Waals surface area contributed by atoms with Gasteiger partial charge in [0, 0.05) is 20.8 Å². The Morgan fingerprint density at radius 3 is 2.68 bits per heavy atom. The fraction of sp³-hybridized carbons (Fsp3) is 0.909. The molecule has 0 aromatic carbocycles. The van der Waals surface area contributed by atoms with Gasteiger partial charge >= 0.3 is 0 Å². The van der Waals surface area contributed by atoms with Gasteiger partial charge in [-0.15, -0.1) is 5.10 Å². The van der Waals surface area contributed by atoms with Crippen molar-refractivity contribution in [2.45, 2.75) is 19.5 Å². The number of nitrogens with zero attached hydrogens (tertiary/aromatic N) is 4. The maximum absolute atomic E-state index is 5.40. The minimum Gasteiger partial charge on any atom is -0.383 e. The normalized spacial score (nSPS) is 12.8. The minimum atomic E-state index is 0.0733. The first-order valence-corrected chi connectivity index (χ1v) is 6.34. The maximum Gasteiger partial charge on any atom is 0.168 e. The first kappa shape index (κ1) is 16.0. The molecule has 8 heteroatoms. The van der Waals surface area contributed by atoms with E-state index in [1.54, 1.807) is 18.9 Å². The van der Waals surface area contributed by atoms with Crippen molar-refractivity contribution in [1.82, 2.24) is 25.5 Å². The first-order chi connectivity index (χ1) is 9.29. The summed E-state index contributed by atoms with van der Waals surface area (Å²) in [4.78, 5) is 0. The van der Waals surface area contributed by atoms with E-state index in [1.165, 1.54) is 0 Å². The Hall–Kier alpha value is -1.09. The highest BCUT2D eigenvalue weighted by atomic mass is 16.5. The van der Waals surface area contributed by atoms with Crippen molar-refractivity contribution in [3.63, 3.8) is 0 Å². The molecule has 0 aliphatic rings. The van der Waals surface area contributed by atoms with Gasteiger partial charge in [-0.05, 0) is 17.4 Å². The lowest BCUT2D eigenvalue weighted by molar-refractivity contribution is 0.0647. The van der Waals surface area contributed by atoms with Crippen LogP contribution in [0.4, 0.5) is 0 Å². The van der Waals surface area contributed by atoms with E-state index in [0.717, 1.165) is 12.4 Å². The molecule has 1 aromatic rings. The molecule has 0 spiro atoms. The molecule has 1 rings (SSSR count). The summed E-state index contributed by atoms with van der Waals surface area (Å²) in [5, 5.41) is 15.0. The number of tetrazole rings is 1. The molecule has 1 aromatic heterocycles. The fourth-order valence-electron chi connectivity index (χ4n) is 1.55. The highest BCUT2D eigenvalue weighted by molar-refractivity contribution is 4.89. The molecule has 0 aliphatic carbocycles. The second-order valence-corrected chi connectivity index (χ2v) is 4.03. The van der Waals surface area contributed by atoms with Crippen LogP contribution in [-0.4, -0.2) is 67.4 Å². The monoisotopic (exact) mass is 273 g/mol. The van der Waals surface area contributed by atoms with Crippen LogP contribution in [0.1, 0.15) is 18.8 Å². The number of methoxy groups -OCH3 is 2. The third-order valence-corrected chi connectivity index (χ3v) is 2.58. The van der Waals surface area contributed by atoms with Crippen molar-refractivity contribution in [2.24, 2.45) is 0 Å². The Morgan fingerprint density at radius 1 is 1.16 bits per heavy atom. The lowest BCUT2D eigenvalue weighted by atomic mass is 10.3. The first-order valence-electron chi connectivity index (χ1n) is 6.34. The molecule has 0 saturated carbocycles. The van der Waals surface area contributed by atoms with E-state index in [4.69, 9.17) is 14.2 Å². The van der Waals surface area contributed by atoms with Crippen LogP contribution in [0.5, 0.6) is 0 Å². The SMILES string of the molecule is COCCNC(C)c1nnnn1CCOCCOC. The van der Waals surface area contributed by atoms with Crippen LogP contribution in [0.2, 0.25) is 0 Å². The largest absolute Gasteiger partial charge is 0.383 e. The van der Waals surface area contributed by atoms with Gasteiger partial charge in [0.1, 0.15) is 0 Å². The molecule has 0 radical (unpaired) electrons. The summed E-state index contributed by atoms with van der Waals surface area (Å²) in [6.45, 7) is 5.80. The zero-order valence-electron chi connectivity index (χ0n) is 11.8. The molecule has 110 valence electrons. The second kappa shape index (κ2) is 9.79.